The number of carbonyl (C=O) groups is 2. The fourth-order valence-corrected chi connectivity index (χ4v) is 2.29. The Kier molecular flexibility index (Phi) is 4.17. The maximum atomic E-state index is 12.4. The molecule has 0 aromatic heterocycles. The van der Waals surface area contributed by atoms with Crippen molar-refractivity contribution in [2.24, 2.45) is 0 Å². The van der Waals surface area contributed by atoms with Crippen molar-refractivity contribution in [3.05, 3.63) is 65.2 Å². The highest BCUT2D eigenvalue weighted by Gasteiger charge is 2.15. The van der Waals surface area contributed by atoms with Gasteiger partial charge in [0.2, 0.25) is 0 Å². The van der Waals surface area contributed by atoms with E-state index in [9.17, 15) is 9.59 Å². The highest BCUT2D eigenvalue weighted by atomic mass is 32.2. The minimum absolute atomic E-state index is 0.0929. The minimum Gasteiger partial charge on any atom is -0.294 e. The Labute approximate surface area is 116 Å². The summed E-state index contributed by atoms with van der Waals surface area (Å²) < 4.78 is 0. The predicted octanol–water partition coefficient (Wildman–Crippen LogP) is 3.84. The summed E-state index contributed by atoms with van der Waals surface area (Å²) in [7, 11) is 0. The molecule has 0 radical (unpaired) electrons. The average Bonchev–Trinajstić information content (AvgIpc) is 2.46. The van der Waals surface area contributed by atoms with Gasteiger partial charge in [-0.3, -0.25) is 9.59 Å². The van der Waals surface area contributed by atoms with Gasteiger partial charge in [0.25, 0.3) is 0 Å². The Morgan fingerprint density at radius 3 is 2.00 bits per heavy atom. The number of hydrogen-bond donors (Lipinski definition) is 0. The molecule has 0 bridgehead atoms. The van der Waals surface area contributed by atoms with Crippen LogP contribution in [0.3, 0.4) is 0 Å². The Balaban J connectivity index is 2.41. The molecule has 0 heterocycles. The molecule has 2 aromatic rings. The molecule has 0 saturated heterocycles. The Morgan fingerprint density at radius 1 is 0.895 bits per heavy atom. The summed E-state index contributed by atoms with van der Waals surface area (Å²) in [6, 6.07) is 14.3. The number of carbonyl (C=O) groups excluding carboxylic acids is 2. The summed E-state index contributed by atoms with van der Waals surface area (Å²) in [4.78, 5) is 25.1. The van der Waals surface area contributed by atoms with E-state index in [1.807, 2.05) is 18.4 Å². The molecular formula is C16H14O2S. The molecule has 0 aliphatic heterocycles. The molecule has 0 unspecified atom stereocenters. The number of rotatable bonds is 4. The van der Waals surface area contributed by atoms with Gasteiger partial charge in [-0.2, -0.15) is 0 Å². The molecule has 0 aliphatic carbocycles. The third-order valence-electron chi connectivity index (χ3n) is 2.90. The first-order chi connectivity index (χ1) is 9.13. The van der Waals surface area contributed by atoms with E-state index in [1.54, 1.807) is 48.2 Å². The molecular weight excluding hydrogens is 256 g/mol. The van der Waals surface area contributed by atoms with Crippen LogP contribution in [-0.4, -0.2) is 17.8 Å². The van der Waals surface area contributed by atoms with Gasteiger partial charge in [-0.25, -0.2) is 0 Å². The predicted molar refractivity (Wildman–Crippen MR) is 78.1 cm³/mol. The zero-order valence-electron chi connectivity index (χ0n) is 10.8. The Morgan fingerprint density at radius 2 is 1.47 bits per heavy atom. The lowest BCUT2D eigenvalue weighted by Crippen LogP contribution is -2.07. The second kappa shape index (κ2) is 5.85. The molecule has 0 atom stereocenters. The van der Waals surface area contributed by atoms with E-state index in [0.717, 1.165) is 4.90 Å². The molecule has 2 aromatic carbocycles. The van der Waals surface area contributed by atoms with Gasteiger partial charge in [-0.05, 0) is 37.4 Å². The molecule has 0 N–H and O–H groups in total. The van der Waals surface area contributed by atoms with Crippen LogP contribution in [0.1, 0.15) is 33.2 Å². The SMILES string of the molecule is CSc1ccc(C(=O)c2ccccc2C(C)=O)cc1. The zero-order valence-corrected chi connectivity index (χ0v) is 11.7. The second-order valence-corrected chi connectivity index (χ2v) is 5.04. The van der Waals surface area contributed by atoms with Gasteiger partial charge >= 0.3 is 0 Å². The lowest BCUT2D eigenvalue weighted by Gasteiger charge is -2.06. The summed E-state index contributed by atoms with van der Waals surface area (Å²) in [5.74, 6) is -0.205. The summed E-state index contributed by atoms with van der Waals surface area (Å²) in [6.45, 7) is 1.48. The van der Waals surface area contributed by atoms with E-state index in [-0.39, 0.29) is 11.6 Å². The summed E-state index contributed by atoms with van der Waals surface area (Å²) in [5.41, 5.74) is 1.54. The fraction of sp³-hybridized carbons (Fsp3) is 0.125. The molecule has 3 heteroatoms. The van der Waals surface area contributed by atoms with Crippen molar-refractivity contribution in [3.8, 4) is 0 Å². The third kappa shape index (κ3) is 2.93. The Bertz CT molecular complexity index is 615. The number of Topliss-reactive ketones (excluding diaryl/α,β-unsaturated/α-hetero) is 1. The van der Waals surface area contributed by atoms with Crippen LogP contribution in [0.4, 0.5) is 0 Å². The van der Waals surface area contributed by atoms with Gasteiger partial charge in [0.1, 0.15) is 0 Å². The van der Waals surface area contributed by atoms with Crippen molar-refractivity contribution in [3.63, 3.8) is 0 Å². The van der Waals surface area contributed by atoms with Crippen LogP contribution in [0.15, 0.2) is 53.4 Å². The normalized spacial score (nSPS) is 10.2. The number of benzene rings is 2. The van der Waals surface area contributed by atoms with E-state index in [2.05, 4.69) is 0 Å². The van der Waals surface area contributed by atoms with E-state index in [4.69, 9.17) is 0 Å². The van der Waals surface area contributed by atoms with Crippen molar-refractivity contribution >= 4 is 23.3 Å². The first-order valence-corrected chi connectivity index (χ1v) is 7.14. The average molecular weight is 270 g/mol. The first kappa shape index (κ1) is 13.6. The van der Waals surface area contributed by atoms with Gasteiger partial charge in [-0.15, -0.1) is 11.8 Å². The number of ketones is 2. The fourth-order valence-electron chi connectivity index (χ4n) is 1.89. The smallest absolute Gasteiger partial charge is 0.193 e. The molecule has 0 saturated carbocycles. The molecule has 0 amide bonds. The number of hydrogen-bond acceptors (Lipinski definition) is 3. The minimum atomic E-state index is -0.113. The topological polar surface area (TPSA) is 34.1 Å². The van der Waals surface area contributed by atoms with Crippen LogP contribution >= 0.6 is 11.8 Å². The third-order valence-corrected chi connectivity index (χ3v) is 3.65. The summed E-state index contributed by atoms with van der Waals surface area (Å²) in [6.07, 6.45) is 1.99. The standard InChI is InChI=1S/C16H14O2S/c1-11(17)14-5-3-4-6-15(14)16(18)12-7-9-13(19-2)10-8-12/h3-10H,1-2H3. The Hall–Kier alpha value is -1.87. The molecule has 0 aliphatic rings. The van der Waals surface area contributed by atoms with Gasteiger partial charge < -0.3 is 0 Å². The van der Waals surface area contributed by atoms with Crippen LogP contribution in [-0.2, 0) is 0 Å². The highest BCUT2D eigenvalue weighted by molar-refractivity contribution is 7.98. The lowest BCUT2D eigenvalue weighted by atomic mass is 9.96. The molecule has 19 heavy (non-hydrogen) atoms. The first-order valence-electron chi connectivity index (χ1n) is 5.92. The van der Waals surface area contributed by atoms with E-state index >= 15 is 0 Å². The van der Waals surface area contributed by atoms with Crippen molar-refractivity contribution in [1.82, 2.24) is 0 Å². The summed E-state index contributed by atoms with van der Waals surface area (Å²) in [5, 5.41) is 0. The molecule has 96 valence electrons. The van der Waals surface area contributed by atoms with E-state index in [0.29, 0.717) is 16.7 Å². The van der Waals surface area contributed by atoms with Crippen LogP contribution in [0.5, 0.6) is 0 Å². The monoisotopic (exact) mass is 270 g/mol. The van der Waals surface area contributed by atoms with Crippen LogP contribution < -0.4 is 0 Å². The summed E-state index contributed by atoms with van der Waals surface area (Å²) >= 11 is 1.63. The second-order valence-electron chi connectivity index (χ2n) is 4.16. The highest BCUT2D eigenvalue weighted by Crippen LogP contribution is 2.19. The van der Waals surface area contributed by atoms with E-state index < -0.39 is 0 Å². The van der Waals surface area contributed by atoms with Crippen molar-refractivity contribution in [1.29, 1.82) is 0 Å². The van der Waals surface area contributed by atoms with Gasteiger partial charge in [-0.1, -0.05) is 24.3 Å². The number of thioether (sulfide) groups is 1. The van der Waals surface area contributed by atoms with Crippen molar-refractivity contribution in [2.45, 2.75) is 11.8 Å². The largest absolute Gasteiger partial charge is 0.294 e. The van der Waals surface area contributed by atoms with Crippen LogP contribution in [0, 0.1) is 0 Å². The van der Waals surface area contributed by atoms with Crippen LogP contribution in [0.25, 0.3) is 0 Å². The zero-order chi connectivity index (χ0) is 13.8. The molecule has 0 fully saturated rings. The van der Waals surface area contributed by atoms with Gasteiger partial charge in [0.05, 0.1) is 0 Å². The van der Waals surface area contributed by atoms with Crippen molar-refractivity contribution in [2.75, 3.05) is 6.26 Å². The molecule has 2 nitrogen and oxygen atoms in total. The van der Waals surface area contributed by atoms with Crippen LogP contribution in [0.2, 0.25) is 0 Å². The maximum absolute atomic E-state index is 12.4. The van der Waals surface area contributed by atoms with Gasteiger partial charge in [0, 0.05) is 21.6 Å². The van der Waals surface area contributed by atoms with E-state index in [1.165, 1.54) is 6.92 Å². The lowest BCUT2D eigenvalue weighted by molar-refractivity contribution is 0.0990. The maximum Gasteiger partial charge on any atom is 0.193 e. The van der Waals surface area contributed by atoms with Crippen molar-refractivity contribution < 1.29 is 9.59 Å². The van der Waals surface area contributed by atoms with Gasteiger partial charge in [0.15, 0.2) is 11.6 Å². The molecule has 2 rings (SSSR count). The quantitative estimate of drug-likeness (QED) is 0.625. The molecule has 0 spiro atoms.